The molecule has 0 aliphatic rings. The molecule has 1 aromatic heterocycles. The first-order chi connectivity index (χ1) is 13.1. The van der Waals surface area contributed by atoms with Gasteiger partial charge < -0.3 is 15.1 Å². The van der Waals surface area contributed by atoms with Crippen LogP contribution in [0.4, 0.5) is 0 Å². The highest BCUT2D eigenvalue weighted by atomic mass is 16.3. The number of nitrogens with one attached hydrogen (secondary N) is 2. The quantitative estimate of drug-likeness (QED) is 0.516. The van der Waals surface area contributed by atoms with Crippen LogP contribution in [0.3, 0.4) is 0 Å². The van der Waals surface area contributed by atoms with Crippen molar-refractivity contribution in [3.8, 4) is 11.5 Å². The van der Waals surface area contributed by atoms with E-state index >= 15 is 0 Å². The Morgan fingerprint density at radius 3 is 2.48 bits per heavy atom. The Bertz CT molecular complexity index is 879. The lowest BCUT2D eigenvalue weighted by Crippen LogP contribution is -2.37. The fourth-order valence-electron chi connectivity index (χ4n) is 3.03. The number of aliphatic imine (C=N–C) groups is 1. The van der Waals surface area contributed by atoms with E-state index in [4.69, 9.17) is 4.42 Å². The lowest BCUT2D eigenvalue weighted by Gasteiger charge is -2.11. The molecule has 0 aliphatic heterocycles. The number of guanidine groups is 1. The molecule has 0 atom stereocenters. The first-order valence-corrected chi connectivity index (χ1v) is 9.15. The van der Waals surface area contributed by atoms with Crippen LogP contribution < -0.4 is 10.6 Å². The van der Waals surface area contributed by atoms with E-state index in [2.05, 4.69) is 52.7 Å². The molecule has 0 unspecified atom stereocenters. The normalized spacial score (nSPS) is 11.4. The molecule has 27 heavy (non-hydrogen) atoms. The van der Waals surface area contributed by atoms with Crippen LogP contribution in [0.1, 0.15) is 22.4 Å². The van der Waals surface area contributed by atoms with Crippen molar-refractivity contribution < 1.29 is 4.42 Å². The van der Waals surface area contributed by atoms with Gasteiger partial charge in [0, 0.05) is 19.2 Å². The molecule has 2 N–H and O–H groups in total. The van der Waals surface area contributed by atoms with Crippen LogP contribution in [0.2, 0.25) is 0 Å². The number of aryl methyl sites for hydroxylation is 2. The summed E-state index contributed by atoms with van der Waals surface area (Å²) < 4.78 is 5.57. The third-order valence-electron chi connectivity index (χ3n) is 4.22. The first-order valence-electron chi connectivity index (χ1n) is 9.15. The number of oxazole rings is 1. The molecule has 3 aromatic rings. The number of hydrogen-bond donors (Lipinski definition) is 2. The summed E-state index contributed by atoms with van der Waals surface area (Å²) in [6, 6.07) is 16.5. The van der Waals surface area contributed by atoms with Gasteiger partial charge in [-0.15, -0.1) is 0 Å². The van der Waals surface area contributed by atoms with Crippen LogP contribution in [0.25, 0.3) is 11.5 Å². The highest BCUT2D eigenvalue weighted by Crippen LogP contribution is 2.17. The highest BCUT2D eigenvalue weighted by Gasteiger charge is 2.07. The summed E-state index contributed by atoms with van der Waals surface area (Å²) in [5.74, 6) is 1.38. The van der Waals surface area contributed by atoms with E-state index in [1.165, 1.54) is 16.7 Å². The lowest BCUT2D eigenvalue weighted by molar-refractivity contribution is 0.572. The molecule has 0 spiro atoms. The Kier molecular flexibility index (Phi) is 6.26. The molecule has 0 radical (unpaired) electrons. The maximum Gasteiger partial charge on any atom is 0.226 e. The number of nitrogens with zero attached hydrogens (tertiary/aromatic N) is 2. The van der Waals surface area contributed by atoms with Crippen molar-refractivity contribution in [3.63, 3.8) is 0 Å². The van der Waals surface area contributed by atoms with E-state index in [0.717, 1.165) is 30.2 Å². The summed E-state index contributed by atoms with van der Waals surface area (Å²) in [5, 5.41) is 6.62. The summed E-state index contributed by atoms with van der Waals surface area (Å²) in [6.45, 7) is 5.63. The number of rotatable bonds is 6. The maximum absolute atomic E-state index is 5.57. The molecule has 0 fully saturated rings. The van der Waals surface area contributed by atoms with Gasteiger partial charge in [0.2, 0.25) is 5.89 Å². The highest BCUT2D eigenvalue weighted by molar-refractivity contribution is 5.79. The molecule has 5 heteroatoms. The molecule has 0 aliphatic carbocycles. The summed E-state index contributed by atoms with van der Waals surface area (Å²) in [7, 11) is 1.77. The minimum absolute atomic E-state index is 0.555. The molecule has 140 valence electrons. The molecule has 1 heterocycles. The summed E-state index contributed by atoms with van der Waals surface area (Å²) in [5.41, 5.74) is 5.74. The van der Waals surface area contributed by atoms with Crippen LogP contribution >= 0.6 is 0 Å². The molecule has 0 amide bonds. The summed E-state index contributed by atoms with van der Waals surface area (Å²) in [6.07, 6.45) is 2.63. The van der Waals surface area contributed by atoms with Crippen molar-refractivity contribution in [2.45, 2.75) is 26.8 Å². The zero-order valence-electron chi connectivity index (χ0n) is 16.1. The minimum Gasteiger partial charge on any atom is -0.444 e. The van der Waals surface area contributed by atoms with Gasteiger partial charge >= 0.3 is 0 Å². The molecular weight excluding hydrogens is 336 g/mol. The van der Waals surface area contributed by atoms with Crippen LogP contribution in [0, 0.1) is 13.8 Å². The smallest absolute Gasteiger partial charge is 0.226 e. The molecule has 0 saturated carbocycles. The van der Waals surface area contributed by atoms with Gasteiger partial charge in [0.05, 0.1) is 12.2 Å². The molecule has 0 saturated heterocycles. The van der Waals surface area contributed by atoms with Gasteiger partial charge in [-0.1, -0.05) is 47.5 Å². The third-order valence-corrected chi connectivity index (χ3v) is 4.22. The van der Waals surface area contributed by atoms with Crippen LogP contribution in [0.15, 0.2) is 64.2 Å². The Morgan fingerprint density at radius 1 is 1.04 bits per heavy atom. The van der Waals surface area contributed by atoms with E-state index in [-0.39, 0.29) is 0 Å². The fourth-order valence-corrected chi connectivity index (χ4v) is 3.03. The van der Waals surface area contributed by atoms with Gasteiger partial charge in [-0.25, -0.2) is 4.98 Å². The first kappa shape index (κ1) is 18.7. The Hall–Kier alpha value is -3.08. The van der Waals surface area contributed by atoms with Crippen molar-refractivity contribution in [2.75, 3.05) is 13.6 Å². The van der Waals surface area contributed by atoms with Gasteiger partial charge in [-0.2, -0.15) is 0 Å². The van der Waals surface area contributed by atoms with Crippen molar-refractivity contribution in [1.82, 2.24) is 15.6 Å². The minimum atomic E-state index is 0.555. The molecule has 2 aromatic carbocycles. The van der Waals surface area contributed by atoms with Crippen molar-refractivity contribution in [2.24, 2.45) is 4.99 Å². The van der Waals surface area contributed by atoms with Crippen molar-refractivity contribution >= 4 is 5.96 Å². The Balaban J connectivity index is 1.49. The van der Waals surface area contributed by atoms with Gasteiger partial charge in [0.25, 0.3) is 0 Å². The van der Waals surface area contributed by atoms with E-state index in [9.17, 15) is 0 Å². The monoisotopic (exact) mass is 362 g/mol. The van der Waals surface area contributed by atoms with Crippen LogP contribution in [0.5, 0.6) is 0 Å². The van der Waals surface area contributed by atoms with Crippen LogP contribution in [-0.2, 0) is 13.0 Å². The van der Waals surface area contributed by atoms with Gasteiger partial charge in [-0.05, 0) is 38.0 Å². The van der Waals surface area contributed by atoms with Crippen molar-refractivity contribution in [1.29, 1.82) is 0 Å². The second kappa shape index (κ2) is 9.03. The van der Waals surface area contributed by atoms with Gasteiger partial charge in [0.15, 0.2) is 5.96 Å². The van der Waals surface area contributed by atoms with Gasteiger partial charge in [-0.3, -0.25) is 4.99 Å². The van der Waals surface area contributed by atoms with Crippen molar-refractivity contribution in [3.05, 3.63) is 77.2 Å². The number of hydrogen-bond acceptors (Lipinski definition) is 3. The maximum atomic E-state index is 5.57. The zero-order valence-corrected chi connectivity index (χ0v) is 16.1. The Labute approximate surface area is 160 Å². The number of benzene rings is 2. The molecular formula is C22H26N4O. The Morgan fingerprint density at radius 2 is 1.78 bits per heavy atom. The fraction of sp³-hybridized carbons (Fsp3) is 0.273. The lowest BCUT2D eigenvalue weighted by atomic mass is 10.1. The SMILES string of the molecule is CN=C(NCCc1cc(C)cc(C)c1)NCc1coc(-c2ccccc2)n1. The predicted molar refractivity (Wildman–Crippen MR) is 110 cm³/mol. The average Bonchev–Trinajstić information content (AvgIpc) is 3.13. The van der Waals surface area contributed by atoms with Gasteiger partial charge in [0.1, 0.15) is 6.26 Å². The molecule has 5 nitrogen and oxygen atoms in total. The second-order valence-electron chi connectivity index (χ2n) is 6.61. The summed E-state index contributed by atoms with van der Waals surface area (Å²) >= 11 is 0. The van der Waals surface area contributed by atoms with E-state index in [0.29, 0.717) is 12.4 Å². The van der Waals surface area contributed by atoms with E-state index in [1.807, 2.05) is 30.3 Å². The molecule has 0 bridgehead atoms. The predicted octanol–water partition coefficient (Wildman–Crippen LogP) is 3.87. The van der Waals surface area contributed by atoms with Crippen LogP contribution in [-0.4, -0.2) is 24.5 Å². The summed E-state index contributed by atoms with van der Waals surface area (Å²) in [4.78, 5) is 8.79. The standard InChI is InChI=1S/C22H26N4O/c1-16-11-17(2)13-18(12-16)9-10-24-22(23-3)25-14-20-15-27-21(26-20)19-7-5-4-6-8-19/h4-8,11-13,15H,9-10,14H2,1-3H3,(H2,23,24,25). The largest absolute Gasteiger partial charge is 0.444 e. The molecule has 3 rings (SSSR count). The second-order valence-corrected chi connectivity index (χ2v) is 6.61. The topological polar surface area (TPSA) is 62.5 Å². The third kappa shape index (κ3) is 5.45. The average molecular weight is 362 g/mol. The van der Waals surface area contributed by atoms with E-state index in [1.54, 1.807) is 13.3 Å². The van der Waals surface area contributed by atoms with E-state index < -0.39 is 0 Å². The number of aromatic nitrogens is 1. The zero-order chi connectivity index (χ0) is 19.1.